The predicted molar refractivity (Wildman–Crippen MR) is 68.2 cm³/mol. The Bertz CT molecular complexity index is 276. The van der Waals surface area contributed by atoms with Gasteiger partial charge in [0.2, 0.25) is 0 Å². The van der Waals surface area contributed by atoms with Crippen molar-refractivity contribution in [1.29, 1.82) is 0 Å². The average molecular weight is 293 g/mol. The molecule has 1 aromatic rings. The summed E-state index contributed by atoms with van der Waals surface area (Å²) in [6.07, 6.45) is 1.13. The van der Waals surface area contributed by atoms with Crippen LogP contribution < -0.4 is 11.1 Å². The van der Waals surface area contributed by atoms with Gasteiger partial charge in [-0.25, -0.2) is 0 Å². The molecule has 5 heteroatoms. The summed E-state index contributed by atoms with van der Waals surface area (Å²) in [6, 6.07) is 2.13. The van der Waals surface area contributed by atoms with E-state index >= 15 is 0 Å². The molecule has 0 fully saturated rings. The lowest BCUT2D eigenvalue weighted by molar-refractivity contribution is 0.102. The zero-order chi connectivity index (χ0) is 11.1. The Labute approximate surface area is 103 Å². The van der Waals surface area contributed by atoms with Crippen molar-refractivity contribution in [2.24, 2.45) is 5.73 Å². The van der Waals surface area contributed by atoms with E-state index in [-0.39, 0.29) is 6.10 Å². The Balaban J connectivity index is 2.11. The Morgan fingerprint density at radius 1 is 1.67 bits per heavy atom. The van der Waals surface area contributed by atoms with Gasteiger partial charge in [-0.15, -0.1) is 11.3 Å². The fraction of sp³-hybridized carbons (Fsp3) is 0.600. The third-order valence-electron chi connectivity index (χ3n) is 2.16. The zero-order valence-electron chi connectivity index (χ0n) is 8.83. The Hall–Kier alpha value is 0.0600. The van der Waals surface area contributed by atoms with Gasteiger partial charge < -0.3 is 15.8 Å². The van der Waals surface area contributed by atoms with E-state index in [9.17, 15) is 0 Å². The van der Waals surface area contributed by atoms with Gasteiger partial charge in [0.05, 0.1) is 6.10 Å². The SMILES string of the molecule is COC(CN)CCNCc1cc(Br)cs1. The van der Waals surface area contributed by atoms with Crippen LogP contribution in [0.4, 0.5) is 0 Å². The minimum absolute atomic E-state index is 0.174. The van der Waals surface area contributed by atoms with Gasteiger partial charge >= 0.3 is 0 Å². The van der Waals surface area contributed by atoms with Crippen molar-refractivity contribution < 1.29 is 4.74 Å². The highest BCUT2D eigenvalue weighted by Gasteiger charge is 2.03. The van der Waals surface area contributed by atoms with Crippen LogP contribution in [-0.2, 0) is 11.3 Å². The second-order valence-electron chi connectivity index (χ2n) is 3.29. The summed E-state index contributed by atoms with van der Waals surface area (Å²) in [5.74, 6) is 0. The van der Waals surface area contributed by atoms with E-state index < -0.39 is 0 Å². The van der Waals surface area contributed by atoms with E-state index in [1.54, 1.807) is 18.4 Å². The van der Waals surface area contributed by atoms with Crippen molar-refractivity contribution in [1.82, 2.24) is 5.32 Å². The van der Waals surface area contributed by atoms with E-state index in [4.69, 9.17) is 10.5 Å². The van der Waals surface area contributed by atoms with Gasteiger partial charge in [-0.3, -0.25) is 0 Å². The number of nitrogens with two attached hydrogens (primary N) is 1. The van der Waals surface area contributed by atoms with Crippen molar-refractivity contribution in [3.63, 3.8) is 0 Å². The molecule has 0 aliphatic rings. The van der Waals surface area contributed by atoms with Crippen LogP contribution in [0.1, 0.15) is 11.3 Å². The molecule has 86 valence electrons. The summed E-state index contributed by atoms with van der Waals surface area (Å²) in [5.41, 5.74) is 5.52. The van der Waals surface area contributed by atoms with Gasteiger partial charge in [0.25, 0.3) is 0 Å². The number of ether oxygens (including phenoxy) is 1. The molecular formula is C10H17BrN2OS. The molecule has 0 spiro atoms. The predicted octanol–water partition coefficient (Wildman–Crippen LogP) is 1.96. The van der Waals surface area contributed by atoms with Crippen LogP contribution in [0.3, 0.4) is 0 Å². The van der Waals surface area contributed by atoms with Crippen molar-refractivity contribution in [3.8, 4) is 0 Å². The Kier molecular flexibility index (Phi) is 6.43. The normalized spacial score (nSPS) is 13.0. The molecule has 15 heavy (non-hydrogen) atoms. The molecule has 0 saturated carbocycles. The maximum atomic E-state index is 5.52. The Morgan fingerprint density at radius 2 is 2.47 bits per heavy atom. The van der Waals surface area contributed by atoms with Gasteiger partial charge in [0, 0.05) is 34.9 Å². The van der Waals surface area contributed by atoms with Crippen LogP contribution in [0.25, 0.3) is 0 Å². The summed E-state index contributed by atoms with van der Waals surface area (Å²) in [4.78, 5) is 1.34. The fourth-order valence-electron chi connectivity index (χ4n) is 1.25. The highest BCUT2D eigenvalue weighted by Crippen LogP contribution is 2.19. The molecule has 3 N–H and O–H groups in total. The van der Waals surface area contributed by atoms with Crippen molar-refractivity contribution in [3.05, 3.63) is 20.8 Å². The summed E-state index contributed by atoms with van der Waals surface area (Å²) < 4.78 is 6.34. The highest BCUT2D eigenvalue weighted by atomic mass is 79.9. The highest BCUT2D eigenvalue weighted by molar-refractivity contribution is 9.10. The van der Waals surface area contributed by atoms with Gasteiger partial charge in [0.15, 0.2) is 0 Å². The first-order valence-electron chi connectivity index (χ1n) is 4.92. The summed E-state index contributed by atoms with van der Waals surface area (Å²) in [7, 11) is 1.70. The molecule has 3 nitrogen and oxygen atoms in total. The number of halogens is 1. The van der Waals surface area contributed by atoms with Crippen LogP contribution in [0.2, 0.25) is 0 Å². The van der Waals surface area contributed by atoms with Gasteiger partial charge in [0.1, 0.15) is 0 Å². The monoisotopic (exact) mass is 292 g/mol. The molecule has 0 bridgehead atoms. The van der Waals surface area contributed by atoms with Gasteiger partial charge in [-0.05, 0) is 35.0 Å². The van der Waals surface area contributed by atoms with Crippen LogP contribution in [0.5, 0.6) is 0 Å². The zero-order valence-corrected chi connectivity index (χ0v) is 11.2. The molecule has 1 unspecified atom stereocenters. The smallest absolute Gasteiger partial charge is 0.0705 e. The second kappa shape index (κ2) is 7.35. The standard InChI is InChI=1S/C10H17BrN2OS/c1-14-9(5-12)2-3-13-6-10-4-8(11)7-15-10/h4,7,9,13H,2-3,5-6,12H2,1H3. The van der Waals surface area contributed by atoms with E-state index in [0.717, 1.165) is 24.0 Å². The van der Waals surface area contributed by atoms with Crippen LogP contribution >= 0.6 is 27.3 Å². The lowest BCUT2D eigenvalue weighted by atomic mass is 10.2. The maximum absolute atomic E-state index is 5.52. The lowest BCUT2D eigenvalue weighted by Crippen LogP contribution is -2.27. The third kappa shape index (κ3) is 5.08. The number of methoxy groups -OCH3 is 1. The molecule has 0 saturated heterocycles. The van der Waals surface area contributed by atoms with Crippen molar-refractivity contribution >= 4 is 27.3 Å². The summed E-state index contributed by atoms with van der Waals surface area (Å²) >= 11 is 5.19. The minimum atomic E-state index is 0.174. The average Bonchev–Trinajstić information content (AvgIpc) is 2.65. The molecule has 1 aromatic heterocycles. The number of nitrogens with one attached hydrogen (secondary N) is 1. The first kappa shape index (κ1) is 13.1. The molecule has 1 heterocycles. The number of thiophene rings is 1. The van der Waals surface area contributed by atoms with Crippen molar-refractivity contribution in [2.45, 2.75) is 19.1 Å². The van der Waals surface area contributed by atoms with Gasteiger partial charge in [-0.1, -0.05) is 0 Å². The quantitative estimate of drug-likeness (QED) is 0.756. The van der Waals surface area contributed by atoms with Crippen LogP contribution in [0.15, 0.2) is 15.9 Å². The molecule has 0 radical (unpaired) electrons. The van der Waals surface area contributed by atoms with Crippen LogP contribution in [-0.4, -0.2) is 26.3 Å². The number of hydrogen-bond donors (Lipinski definition) is 2. The number of rotatable bonds is 7. The molecule has 0 aliphatic carbocycles. The van der Waals surface area contributed by atoms with Crippen LogP contribution in [0, 0.1) is 0 Å². The largest absolute Gasteiger partial charge is 0.380 e. The van der Waals surface area contributed by atoms with E-state index in [1.165, 1.54) is 4.88 Å². The van der Waals surface area contributed by atoms with E-state index in [2.05, 4.69) is 32.7 Å². The van der Waals surface area contributed by atoms with E-state index in [1.807, 2.05) is 0 Å². The third-order valence-corrected chi connectivity index (χ3v) is 3.86. The lowest BCUT2D eigenvalue weighted by Gasteiger charge is -2.12. The topological polar surface area (TPSA) is 47.3 Å². The summed E-state index contributed by atoms with van der Waals surface area (Å²) in [6.45, 7) is 2.44. The first-order chi connectivity index (χ1) is 7.26. The first-order valence-corrected chi connectivity index (χ1v) is 6.60. The summed E-state index contributed by atoms with van der Waals surface area (Å²) in [5, 5.41) is 5.46. The number of hydrogen-bond acceptors (Lipinski definition) is 4. The van der Waals surface area contributed by atoms with E-state index in [0.29, 0.717) is 6.54 Å². The van der Waals surface area contributed by atoms with Gasteiger partial charge in [-0.2, -0.15) is 0 Å². The minimum Gasteiger partial charge on any atom is -0.380 e. The second-order valence-corrected chi connectivity index (χ2v) is 5.20. The fourth-order valence-corrected chi connectivity index (χ4v) is 2.67. The maximum Gasteiger partial charge on any atom is 0.0705 e. The molecular weight excluding hydrogens is 276 g/mol. The molecule has 1 rings (SSSR count). The Morgan fingerprint density at radius 3 is 3.00 bits per heavy atom. The van der Waals surface area contributed by atoms with Crippen molar-refractivity contribution in [2.75, 3.05) is 20.2 Å². The molecule has 0 amide bonds. The molecule has 0 aromatic carbocycles. The molecule has 0 aliphatic heterocycles. The molecule has 1 atom stereocenters.